The minimum Gasteiger partial charge on any atom is -0.481 e. The van der Waals surface area contributed by atoms with E-state index in [-0.39, 0.29) is 18.0 Å². The van der Waals surface area contributed by atoms with E-state index in [9.17, 15) is 19.5 Å². The van der Waals surface area contributed by atoms with Gasteiger partial charge in [0, 0.05) is 0 Å². The van der Waals surface area contributed by atoms with E-state index < -0.39 is 35.3 Å². The minimum absolute atomic E-state index is 0.0809. The number of carboxylic acids is 1. The van der Waals surface area contributed by atoms with Gasteiger partial charge in [-0.1, -0.05) is 45.3 Å². The molecule has 0 spiro atoms. The zero-order valence-corrected chi connectivity index (χ0v) is 18.3. The highest BCUT2D eigenvalue weighted by atomic mass is 16.6. The summed E-state index contributed by atoms with van der Waals surface area (Å²) < 4.78 is 10.9. The van der Waals surface area contributed by atoms with Gasteiger partial charge in [0.2, 0.25) is 0 Å². The number of hydrogen-bond acceptors (Lipinski definition) is 5. The van der Waals surface area contributed by atoms with E-state index in [1.54, 1.807) is 6.92 Å². The molecule has 28 heavy (non-hydrogen) atoms. The fraction of sp³-hybridized carbons (Fsp3) is 0.773. The maximum Gasteiger partial charge on any atom is 0.316 e. The standard InChI is InChI=1S/C22H36O6/c1-14(2)12-22(7,21(4,5)6)20(26)28-15(3)13-27-19(25)17-11-9-8-10-16(17)18(23)24/h12,15-17H,8-11,13H2,1-7H3,(H,23,24). The molecule has 160 valence electrons. The van der Waals surface area contributed by atoms with E-state index in [1.807, 2.05) is 47.6 Å². The smallest absolute Gasteiger partial charge is 0.316 e. The monoisotopic (exact) mass is 396 g/mol. The fourth-order valence-electron chi connectivity index (χ4n) is 3.51. The second-order valence-electron chi connectivity index (χ2n) is 9.36. The summed E-state index contributed by atoms with van der Waals surface area (Å²) in [5, 5.41) is 9.31. The van der Waals surface area contributed by atoms with Crippen LogP contribution in [0.4, 0.5) is 0 Å². The van der Waals surface area contributed by atoms with Gasteiger partial charge >= 0.3 is 17.9 Å². The van der Waals surface area contributed by atoms with Crippen molar-refractivity contribution in [2.45, 2.75) is 80.3 Å². The summed E-state index contributed by atoms with van der Waals surface area (Å²) in [4.78, 5) is 36.6. The predicted molar refractivity (Wildman–Crippen MR) is 107 cm³/mol. The number of carboxylic acid groups (broad SMARTS) is 1. The topological polar surface area (TPSA) is 89.9 Å². The lowest BCUT2D eigenvalue weighted by Gasteiger charge is -2.38. The number of esters is 2. The maximum atomic E-state index is 12.9. The van der Waals surface area contributed by atoms with Crippen LogP contribution in [0.3, 0.4) is 0 Å². The van der Waals surface area contributed by atoms with Crippen LogP contribution < -0.4 is 0 Å². The second-order valence-corrected chi connectivity index (χ2v) is 9.36. The summed E-state index contributed by atoms with van der Waals surface area (Å²) in [7, 11) is 0. The molecule has 6 heteroatoms. The Morgan fingerprint density at radius 2 is 1.61 bits per heavy atom. The number of ether oxygens (including phenoxy) is 2. The molecule has 0 aromatic carbocycles. The Morgan fingerprint density at radius 1 is 1.07 bits per heavy atom. The Balaban J connectivity index is 2.71. The summed E-state index contributed by atoms with van der Waals surface area (Å²) in [6.45, 7) is 13.3. The van der Waals surface area contributed by atoms with Crippen LogP contribution in [0.25, 0.3) is 0 Å². The van der Waals surface area contributed by atoms with Crippen LogP contribution in [0, 0.1) is 22.7 Å². The third-order valence-electron chi connectivity index (χ3n) is 5.71. The first kappa shape index (κ1) is 24.2. The largest absolute Gasteiger partial charge is 0.481 e. The number of hydrogen-bond donors (Lipinski definition) is 1. The van der Waals surface area contributed by atoms with Gasteiger partial charge in [-0.05, 0) is 46.0 Å². The van der Waals surface area contributed by atoms with E-state index in [0.29, 0.717) is 12.8 Å². The van der Waals surface area contributed by atoms with Gasteiger partial charge in [-0.2, -0.15) is 0 Å². The number of allylic oxidation sites excluding steroid dienone is 1. The number of aliphatic carboxylic acids is 1. The predicted octanol–water partition coefficient (Wildman–Crippen LogP) is 4.37. The van der Waals surface area contributed by atoms with E-state index in [0.717, 1.165) is 18.4 Å². The van der Waals surface area contributed by atoms with Crippen molar-refractivity contribution in [1.82, 2.24) is 0 Å². The molecule has 4 unspecified atom stereocenters. The van der Waals surface area contributed by atoms with Crippen LogP contribution in [0.1, 0.15) is 74.1 Å². The summed E-state index contributed by atoms with van der Waals surface area (Å²) in [5.41, 5.74) is -0.151. The Labute approximate surface area is 168 Å². The van der Waals surface area contributed by atoms with Crippen molar-refractivity contribution >= 4 is 17.9 Å². The average Bonchev–Trinajstić information content (AvgIpc) is 2.57. The highest BCUT2D eigenvalue weighted by molar-refractivity contribution is 5.81. The Morgan fingerprint density at radius 3 is 2.07 bits per heavy atom. The van der Waals surface area contributed by atoms with Gasteiger partial charge in [-0.25, -0.2) is 0 Å². The zero-order chi connectivity index (χ0) is 21.7. The molecular weight excluding hydrogens is 360 g/mol. The highest BCUT2D eigenvalue weighted by Gasteiger charge is 2.44. The van der Waals surface area contributed by atoms with Crippen molar-refractivity contribution in [2.75, 3.05) is 6.61 Å². The molecule has 0 bridgehead atoms. The van der Waals surface area contributed by atoms with Gasteiger partial charge in [0.1, 0.15) is 12.7 Å². The first-order valence-corrected chi connectivity index (χ1v) is 10.1. The zero-order valence-electron chi connectivity index (χ0n) is 18.3. The molecule has 1 saturated carbocycles. The molecule has 0 radical (unpaired) electrons. The molecule has 4 atom stereocenters. The summed E-state index contributed by atoms with van der Waals surface area (Å²) in [5.74, 6) is -3.16. The van der Waals surface area contributed by atoms with Crippen molar-refractivity contribution in [3.8, 4) is 0 Å². The molecule has 6 nitrogen and oxygen atoms in total. The third-order valence-corrected chi connectivity index (χ3v) is 5.71. The molecule has 0 amide bonds. The second kappa shape index (κ2) is 9.57. The SMILES string of the molecule is CC(C)=CC(C)(C(=O)OC(C)COC(=O)C1CCCCC1C(=O)O)C(C)(C)C. The number of rotatable bonds is 7. The first-order chi connectivity index (χ1) is 12.8. The molecule has 1 fully saturated rings. The van der Waals surface area contributed by atoms with Crippen molar-refractivity contribution < 1.29 is 29.0 Å². The lowest BCUT2D eigenvalue weighted by atomic mass is 9.67. The lowest BCUT2D eigenvalue weighted by molar-refractivity contribution is -0.171. The Bertz CT molecular complexity index is 611. The van der Waals surface area contributed by atoms with Crippen LogP contribution >= 0.6 is 0 Å². The van der Waals surface area contributed by atoms with Crippen molar-refractivity contribution in [3.05, 3.63) is 11.6 Å². The van der Waals surface area contributed by atoms with Gasteiger partial charge in [0.25, 0.3) is 0 Å². The average molecular weight is 397 g/mol. The number of carbonyl (C=O) groups is 3. The summed E-state index contributed by atoms with van der Waals surface area (Å²) in [6, 6.07) is 0. The van der Waals surface area contributed by atoms with Gasteiger partial charge in [-0.15, -0.1) is 0 Å². The highest BCUT2D eigenvalue weighted by Crippen LogP contribution is 2.42. The molecule has 1 rings (SSSR count). The fourth-order valence-corrected chi connectivity index (χ4v) is 3.51. The van der Waals surface area contributed by atoms with Crippen molar-refractivity contribution in [1.29, 1.82) is 0 Å². The Hall–Kier alpha value is -1.85. The van der Waals surface area contributed by atoms with Crippen molar-refractivity contribution in [2.24, 2.45) is 22.7 Å². The first-order valence-electron chi connectivity index (χ1n) is 10.1. The molecule has 1 aliphatic carbocycles. The molecule has 0 saturated heterocycles. The molecular formula is C22H36O6. The molecule has 0 aromatic heterocycles. The van der Waals surface area contributed by atoms with Gasteiger partial charge in [-0.3, -0.25) is 14.4 Å². The summed E-state index contributed by atoms with van der Waals surface area (Å²) in [6.07, 6.45) is 3.94. The van der Waals surface area contributed by atoms with Crippen LogP contribution in [0.5, 0.6) is 0 Å². The van der Waals surface area contributed by atoms with Gasteiger partial charge < -0.3 is 14.6 Å². The quantitative estimate of drug-likeness (QED) is 0.508. The van der Waals surface area contributed by atoms with Crippen molar-refractivity contribution in [3.63, 3.8) is 0 Å². The Kier molecular flexibility index (Phi) is 8.27. The maximum absolute atomic E-state index is 12.9. The van der Waals surface area contributed by atoms with Crippen LogP contribution in [-0.2, 0) is 23.9 Å². The van der Waals surface area contributed by atoms with Gasteiger partial charge in [0.05, 0.1) is 17.3 Å². The molecule has 0 aliphatic heterocycles. The van der Waals surface area contributed by atoms with E-state index >= 15 is 0 Å². The molecule has 0 aromatic rings. The van der Waals surface area contributed by atoms with Crippen LogP contribution in [0.2, 0.25) is 0 Å². The summed E-state index contributed by atoms with van der Waals surface area (Å²) >= 11 is 0. The van der Waals surface area contributed by atoms with E-state index in [4.69, 9.17) is 9.47 Å². The van der Waals surface area contributed by atoms with Crippen LogP contribution in [0.15, 0.2) is 11.6 Å². The van der Waals surface area contributed by atoms with Crippen LogP contribution in [-0.4, -0.2) is 35.7 Å². The third kappa shape index (κ3) is 6.08. The normalized spacial score (nSPS) is 23.1. The lowest BCUT2D eigenvalue weighted by Crippen LogP contribution is -2.42. The minimum atomic E-state index is -0.955. The number of carbonyl (C=O) groups excluding carboxylic acids is 2. The molecule has 1 N–H and O–H groups in total. The van der Waals surface area contributed by atoms with E-state index in [2.05, 4.69) is 0 Å². The van der Waals surface area contributed by atoms with E-state index in [1.165, 1.54) is 0 Å². The molecule has 1 aliphatic rings. The molecule has 0 heterocycles. The van der Waals surface area contributed by atoms with Gasteiger partial charge in [0.15, 0.2) is 0 Å².